The van der Waals surface area contributed by atoms with Crippen molar-refractivity contribution in [2.45, 2.75) is 0 Å². The van der Waals surface area contributed by atoms with Crippen LogP contribution in [0, 0.1) is 0 Å². The van der Waals surface area contributed by atoms with E-state index >= 15 is 0 Å². The zero-order valence-electron chi connectivity index (χ0n) is 8.23. The van der Waals surface area contributed by atoms with Crippen LogP contribution in [0.5, 0.6) is 5.75 Å². The van der Waals surface area contributed by atoms with E-state index in [9.17, 15) is 9.90 Å². The molecule has 0 amide bonds. The summed E-state index contributed by atoms with van der Waals surface area (Å²) in [6.07, 6.45) is 0. The van der Waals surface area contributed by atoms with Gasteiger partial charge in [0, 0.05) is 0 Å². The van der Waals surface area contributed by atoms with E-state index < -0.39 is 0 Å². The molecular weight excluding hydrogens is 192 g/mol. The Hall–Kier alpha value is -2.03. The maximum absolute atomic E-state index is 11.3. The normalized spacial score (nSPS) is 10.2. The molecule has 0 unspecified atom stereocenters. The molecule has 0 spiro atoms. The standard InChI is InChI=1S/C12H10O3/c1-15-12(14)9-3-2-8-4-5-11(13)7-10(8)6-9/h2-7,13H,1H3. The molecule has 0 aliphatic rings. The summed E-state index contributed by atoms with van der Waals surface area (Å²) in [6.45, 7) is 0. The maximum atomic E-state index is 11.3. The number of rotatable bonds is 1. The van der Waals surface area contributed by atoms with Gasteiger partial charge >= 0.3 is 5.97 Å². The van der Waals surface area contributed by atoms with E-state index in [0.717, 1.165) is 10.8 Å². The molecule has 0 radical (unpaired) electrons. The fraction of sp³-hybridized carbons (Fsp3) is 0.0833. The van der Waals surface area contributed by atoms with Gasteiger partial charge in [0.2, 0.25) is 0 Å². The molecule has 0 heterocycles. The first-order valence-corrected chi connectivity index (χ1v) is 4.52. The Labute approximate surface area is 86.9 Å². The third kappa shape index (κ3) is 1.76. The Morgan fingerprint density at radius 3 is 2.60 bits per heavy atom. The number of ether oxygens (including phenoxy) is 1. The van der Waals surface area contributed by atoms with Gasteiger partial charge in [0.25, 0.3) is 0 Å². The highest BCUT2D eigenvalue weighted by Gasteiger charge is 2.05. The SMILES string of the molecule is COC(=O)c1ccc2ccc(O)cc2c1. The van der Waals surface area contributed by atoms with Crippen molar-refractivity contribution in [3.05, 3.63) is 42.0 Å². The van der Waals surface area contributed by atoms with Gasteiger partial charge in [0.05, 0.1) is 12.7 Å². The van der Waals surface area contributed by atoms with Crippen LogP contribution in [-0.2, 0) is 4.74 Å². The molecule has 76 valence electrons. The van der Waals surface area contributed by atoms with E-state index in [4.69, 9.17) is 0 Å². The highest BCUT2D eigenvalue weighted by Crippen LogP contribution is 2.21. The van der Waals surface area contributed by atoms with Crippen LogP contribution in [0.4, 0.5) is 0 Å². The zero-order chi connectivity index (χ0) is 10.8. The lowest BCUT2D eigenvalue weighted by molar-refractivity contribution is 0.0601. The molecule has 0 aromatic heterocycles. The van der Waals surface area contributed by atoms with Gasteiger partial charge in [-0.15, -0.1) is 0 Å². The summed E-state index contributed by atoms with van der Waals surface area (Å²) in [5.74, 6) is -0.190. The van der Waals surface area contributed by atoms with E-state index in [2.05, 4.69) is 4.74 Å². The van der Waals surface area contributed by atoms with Crippen molar-refractivity contribution >= 4 is 16.7 Å². The fourth-order valence-corrected chi connectivity index (χ4v) is 1.48. The Bertz CT molecular complexity index is 517. The summed E-state index contributed by atoms with van der Waals surface area (Å²) in [4.78, 5) is 11.3. The van der Waals surface area contributed by atoms with E-state index in [-0.39, 0.29) is 11.7 Å². The molecule has 0 saturated heterocycles. The van der Waals surface area contributed by atoms with Crippen LogP contribution in [0.15, 0.2) is 36.4 Å². The number of benzene rings is 2. The molecular formula is C12H10O3. The lowest BCUT2D eigenvalue weighted by Gasteiger charge is -2.02. The van der Waals surface area contributed by atoms with Crippen LogP contribution in [-0.4, -0.2) is 18.2 Å². The average molecular weight is 202 g/mol. The number of phenols is 1. The topological polar surface area (TPSA) is 46.5 Å². The molecule has 3 heteroatoms. The van der Waals surface area contributed by atoms with Gasteiger partial charge in [-0.1, -0.05) is 12.1 Å². The van der Waals surface area contributed by atoms with Gasteiger partial charge in [-0.3, -0.25) is 0 Å². The molecule has 0 fully saturated rings. The van der Waals surface area contributed by atoms with Crippen molar-refractivity contribution < 1.29 is 14.6 Å². The number of carbonyl (C=O) groups is 1. The third-order valence-corrected chi connectivity index (χ3v) is 2.24. The second-order valence-corrected chi connectivity index (χ2v) is 3.24. The van der Waals surface area contributed by atoms with Crippen LogP contribution in [0.3, 0.4) is 0 Å². The molecule has 1 N–H and O–H groups in total. The highest BCUT2D eigenvalue weighted by atomic mass is 16.5. The summed E-state index contributed by atoms with van der Waals surface area (Å²) in [5.41, 5.74) is 0.482. The predicted octanol–water partition coefficient (Wildman–Crippen LogP) is 2.33. The smallest absolute Gasteiger partial charge is 0.337 e. The Morgan fingerprint density at radius 2 is 1.87 bits per heavy atom. The fourth-order valence-electron chi connectivity index (χ4n) is 1.48. The van der Waals surface area contributed by atoms with Gasteiger partial charge < -0.3 is 9.84 Å². The van der Waals surface area contributed by atoms with Gasteiger partial charge in [0.15, 0.2) is 0 Å². The first-order valence-electron chi connectivity index (χ1n) is 4.52. The number of phenolic OH excluding ortho intramolecular Hbond substituents is 1. The molecule has 0 aliphatic carbocycles. The Morgan fingerprint density at radius 1 is 1.13 bits per heavy atom. The minimum absolute atomic E-state index is 0.185. The van der Waals surface area contributed by atoms with Crippen LogP contribution < -0.4 is 0 Å². The number of aromatic hydroxyl groups is 1. The molecule has 3 nitrogen and oxygen atoms in total. The lowest BCUT2D eigenvalue weighted by Crippen LogP contribution is -2.00. The van der Waals surface area contributed by atoms with Gasteiger partial charge in [0.1, 0.15) is 5.75 Å². The first kappa shape index (κ1) is 9.52. The van der Waals surface area contributed by atoms with Crippen molar-refractivity contribution in [1.29, 1.82) is 0 Å². The summed E-state index contributed by atoms with van der Waals surface area (Å²) in [5, 5.41) is 11.1. The minimum Gasteiger partial charge on any atom is -0.508 e. The van der Waals surface area contributed by atoms with Gasteiger partial charge in [-0.05, 0) is 35.0 Å². The predicted molar refractivity (Wildman–Crippen MR) is 57.0 cm³/mol. The van der Waals surface area contributed by atoms with Gasteiger partial charge in [-0.25, -0.2) is 4.79 Å². The zero-order valence-corrected chi connectivity index (χ0v) is 8.23. The van der Waals surface area contributed by atoms with Crippen molar-refractivity contribution in [1.82, 2.24) is 0 Å². The molecule has 0 aliphatic heterocycles. The monoisotopic (exact) mass is 202 g/mol. The Balaban J connectivity index is 2.59. The van der Waals surface area contributed by atoms with Crippen molar-refractivity contribution in [3.8, 4) is 5.75 Å². The summed E-state index contributed by atoms with van der Waals surface area (Å²) < 4.78 is 4.61. The quantitative estimate of drug-likeness (QED) is 0.722. The lowest BCUT2D eigenvalue weighted by atomic mass is 10.1. The van der Waals surface area contributed by atoms with Crippen molar-refractivity contribution in [2.75, 3.05) is 7.11 Å². The summed E-state index contributed by atoms with van der Waals surface area (Å²) in [6, 6.07) is 10.2. The summed E-state index contributed by atoms with van der Waals surface area (Å²) in [7, 11) is 1.34. The summed E-state index contributed by atoms with van der Waals surface area (Å²) >= 11 is 0. The number of esters is 1. The van der Waals surface area contributed by atoms with Crippen LogP contribution >= 0.6 is 0 Å². The molecule has 0 bridgehead atoms. The largest absolute Gasteiger partial charge is 0.508 e. The van der Waals surface area contributed by atoms with Crippen LogP contribution in [0.2, 0.25) is 0 Å². The van der Waals surface area contributed by atoms with Crippen LogP contribution in [0.1, 0.15) is 10.4 Å². The average Bonchev–Trinajstić information content (AvgIpc) is 2.27. The third-order valence-electron chi connectivity index (χ3n) is 2.24. The van der Waals surface area contributed by atoms with Crippen molar-refractivity contribution in [3.63, 3.8) is 0 Å². The molecule has 0 saturated carbocycles. The number of carbonyl (C=O) groups excluding carboxylic acids is 1. The highest BCUT2D eigenvalue weighted by molar-refractivity contribution is 5.95. The maximum Gasteiger partial charge on any atom is 0.337 e. The molecule has 2 aromatic rings. The molecule has 2 aromatic carbocycles. The van der Waals surface area contributed by atoms with Crippen LogP contribution in [0.25, 0.3) is 10.8 Å². The molecule has 0 atom stereocenters. The first-order chi connectivity index (χ1) is 7.20. The van der Waals surface area contributed by atoms with Crippen molar-refractivity contribution in [2.24, 2.45) is 0 Å². The number of hydrogen-bond acceptors (Lipinski definition) is 3. The number of fused-ring (bicyclic) bond motifs is 1. The van der Waals surface area contributed by atoms with Gasteiger partial charge in [-0.2, -0.15) is 0 Å². The van der Waals surface area contributed by atoms with E-state index in [1.54, 1.807) is 30.3 Å². The molecule has 2 rings (SSSR count). The molecule has 15 heavy (non-hydrogen) atoms. The minimum atomic E-state index is -0.375. The second-order valence-electron chi connectivity index (χ2n) is 3.24. The number of methoxy groups -OCH3 is 1. The van der Waals surface area contributed by atoms with E-state index in [1.165, 1.54) is 7.11 Å². The number of hydrogen-bond donors (Lipinski definition) is 1. The van der Waals surface area contributed by atoms with E-state index in [0.29, 0.717) is 5.56 Å². The van der Waals surface area contributed by atoms with E-state index in [1.807, 2.05) is 6.07 Å². The second kappa shape index (κ2) is 3.61. The Kier molecular flexibility index (Phi) is 2.29.